The Morgan fingerprint density at radius 1 is 1.30 bits per heavy atom. The molecule has 0 bridgehead atoms. The van der Waals surface area contributed by atoms with Gasteiger partial charge in [-0.05, 0) is 45.7 Å². The number of aromatic nitrogens is 4. The highest BCUT2D eigenvalue weighted by Gasteiger charge is 2.20. The van der Waals surface area contributed by atoms with E-state index in [9.17, 15) is 4.79 Å². The number of fused-ring (bicyclic) bond motifs is 1. The molecule has 7 heteroatoms. The SMILES string of the molecule is CCC(CNc1nc2c(cnn2C(C)(C)C)c(=O)[nH]1)Oc1ccccc1C. The Balaban J connectivity index is 1.79. The van der Waals surface area contributed by atoms with Gasteiger partial charge in [-0.15, -0.1) is 0 Å². The molecule has 144 valence electrons. The smallest absolute Gasteiger partial charge is 0.263 e. The predicted octanol–water partition coefficient (Wildman–Crippen LogP) is 3.45. The van der Waals surface area contributed by atoms with Crippen molar-refractivity contribution in [2.24, 2.45) is 0 Å². The fourth-order valence-corrected chi connectivity index (χ4v) is 2.84. The van der Waals surface area contributed by atoms with Crippen LogP contribution in [0.2, 0.25) is 0 Å². The molecule has 0 aliphatic rings. The Kier molecular flexibility index (Phi) is 5.21. The lowest BCUT2D eigenvalue weighted by Gasteiger charge is -2.21. The van der Waals surface area contributed by atoms with Gasteiger partial charge in [-0.2, -0.15) is 10.1 Å². The van der Waals surface area contributed by atoms with Gasteiger partial charge in [0.15, 0.2) is 5.65 Å². The zero-order valence-electron chi connectivity index (χ0n) is 16.5. The monoisotopic (exact) mass is 369 g/mol. The maximum atomic E-state index is 12.4. The quantitative estimate of drug-likeness (QED) is 0.695. The Morgan fingerprint density at radius 2 is 2.04 bits per heavy atom. The van der Waals surface area contributed by atoms with E-state index in [0.29, 0.717) is 23.5 Å². The van der Waals surface area contributed by atoms with Crippen molar-refractivity contribution in [3.05, 3.63) is 46.4 Å². The van der Waals surface area contributed by atoms with Crippen molar-refractivity contribution in [2.45, 2.75) is 52.7 Å². The third-order valence-corrected chi connectivity index (χ3v) is 4.41. The van der Waals surface area contributed by atoms with Gasteiger partial charge in [0.05, 0.1) is 18.3 Å². The van der Waals surface area contributed by atoms with Crippen LogP contribution in [0.1, 0.15) is 39.7 Å². The van der Waals surface area contributed by atoms with E-state index in [1.807, 2.05) is 52.0 Å². The first-order valence-electron chi connectivity index (χ1n) is 9.24. The summed E-state index contributed by atoms with van der Waals surface area (Å²) in [4.78, 5) is 19.7. The fourth-order valence-electron chi connectivity index (χ4n) is 2.84. The molecule has 0 aliphatic carbocycles. The maximum absolute atomic E-state index is 12.4. The van der Waals surface area contributed by atoms with Gasteiger partial charge in [0.2, 0.25) is 5.95 Å². The predicted molar refractivity (Wildman–Crippen MR) is 108 cm³/mol. The number of nitrogens with one attached hydrogen (secondary N) is 2. The topological polar surface area (TPSA) is 84.8 Å². The van der Waals surface area contributed by atoms with Crippen LogP contribution in [0.5, 0.6) is 5.75 Å². The van der Waals surface area contributed by atoms with Crippen LogP contribution in [-0.2, 0) is 5.54 Å². The van der Waals surface area contributed by atoms with E-state index in [0.717, 1.165) is 17.7 Å². The summed E-state index contributed by atoms with van der Waals surface area (Å²) in [6.07, 6.45) is 2.35. The highest BCUT2D eigenvalue weighted by molar-refractivity contribution is 5.74. The van der Waals surface area contributed by atoms with Crippen molar-refractivity contribution < 1.29 is 4.74 Å². The lowest BCUT2D eigenvalue weighted by molar-refractivity contribution is 0.208. The first-order valence-corrected chi connectivity index (χ1v) is 9.24. The van der Waals surface area contributed by atoms with Crippen LogP contribution < -0.4 is 15.6 Å². The van der Waals surface area contributed by atoms with Crippen LogP contribution in [0, 0.1) is 6.92 Å². The number of hydrogen-bond donors (Lipinski definition) is 2. The normalized spacial score (nSPS) is 12.9. The Labute approximate surface area is 158 Å². The molecule has 0 amide bonds. The Morgan fingerprint density at radius 3 is 2.70 bits per heavy atom. The average Bonchev–Trinajstić information content (AvgIpc) is 3.05. The zero-order chi connectivity index (χ0) is 19.6. The molecule has 0 radical (unpaired) electrons. The standard InChI is InChI=1S/C20H27N5O2/c1-6-14(27-16-10-8-7-9-13(16)2)11-21-19-23-17-15(18(26)24-19)12-22-25(17)20(3,4)5/h7-10,12,14H,6,11H2,1-5H3,(H2,21,23,24,26). The van der Waals surface area contributed by atoms with Gasteiger partial charge in [0.25, 0.3) is 5.56 Å². The number of anilines is 1. The van der Waals surface area contributed by atoms with Gasteiger partial charge >= 0.3 is 0 Å². The number of nitrogens with zero attached hydrogens (tertiary/aromatic N) is 3. The van der Waals surface area contributed by atoms with E-state index in [4.69, 9.17) is 4.74 Å². The van der Waals surface area contributed by atoms with Gasteiger partial charge in [-0.1, -0.05) is 25.1 Å². The number of aryl methyl sites for hydroxylation is 1. The number of rotatable bonds is 6. The van der Waals surface area contributed by atoms with Crippen LogP contribution in [0.4, 0.5) is 5.95 Å². The molecular weight excluding hydrogens is 342 g/mol. The molecule has 7 nitrogen and oxygen atoms in total. The van der Waals surface area contributed by atoms with E-state index in [2.05, 4.69) is 27.3 Å². The van der Waals surface area contributed by atoms with Crippen molar-refractivity contribution in [1.29, 1.82) is 0 Å². The molecule has 3 rings (SSSR count). The second-order valence-electron chi connectivity index (χ2n) is 7.67. The second kappa shape index (κ2) is 7.42. The Hall–Kier alpha value is -2.83. The minimum atomic E-state index is -0.264. The van der Waals surface area contributed by atoms with Gasteiger partial charge in [-0.25, -0.2) is 4.68 Å². The molecule has 2 heterocycles. The lowest BCUT2D eigenvalue weighted by atomic mass is 10.1. The molecule has 2 aromatic heterocycles. The first kappa shape index (κ1) is 18.9. The van der Waals surface area contributed by atoms with Crippen molar-refractivity contribution in [2.75, 3.05) is 11.9 Å². The highest BCUT2D eigenvalue weighted by Crippen LogP contribution is 2.20. The molecule has 0 spiro atoms. The molecule has 0 saturated heterocycles. The zero-order valence-corrected chi connectivity index (χ0v) is 16.5. The van der Waals surface area contributed by atoms with Crippen LogP contribution in [0.3, 0.4) is 0 Å². The van der Waals surface area contributed by atoms with Gasteiger partial charge < -0.3 is 10.1 Å². The van der Waals surface area contributed by atoms with Gasteiger partial charge in [0, 0.05) is 0 Å². The molecule has 0 saturated carbocycles. The lowest BCUT2D eigenvalue weighted by Crippen LogP contribution is -2.28. The second-order valence-corrected chi connectivity index (χ2v) is 7.67. The molecule has 1 unspecified atom stereocenters. The summed E-state index contributed by atoms with van der Waals surface area (Å²) in [5, 5.41) is 8.02. The number of benzene rings is 1. The summed E-state index contributed by atoms with van der Waals surface area (Å²) < 4.78 is 7.86. The largest absolute Gasteiger partial charge is 0.488 e. The van der Waals surface area contributed by atoms with Crippen LogP contribution in [-0.4, -0.2) is 32.4 Å². The molecule has 3 aromatic rings. The van der Waals surface area contributed by atoms with Crippen LogP contribution >= 0.6 is 0 Å². The van der Waals surface area contributed by atoms with Crippen molar-refractivity contribution >= 4 is 17.0 Å². The summed E-state index contributed by atoms with van der Waals surface area (Å²) in [6, 6.07) is 7.94. The van der Waals surface area contributed by atoms with Crippen LogP contribution in [0.25, 0.3) is 11.0 Å². The number of hydrogen-bond acceptors (Lipinski definition) is 5. The summed E-state index contributed by atoms with van der Waals surface area (Å²) in [7, 11) is 0. The van der Waals surface area contributed by atoms with E-state index in [-0.39, 0.29) is 17.2 Å². The van der Waals surface area contributed by atoms with E-state index in [1.54, 1.807) is 10.9 Å². The number of H-pyrrole nitrogens is 1. The third kappa shape index (κ3) is 4.13. The maximum Gasteiger partial charge on any atom is 0.263 e. The molecule has 0 aliphatic heterocycles. The summed E-state index contributed by atoms with van der Waals surface area (Å²) in [6.45, 7) is 10.7. The first-order chi connectivity index (χ1) is 12.8. The summed E-state index contributed by atoms with van der Waals surface area (Å²) >= 11 is 0. The van der Waals surface area contributed by atoms with Gasteiger partial charge in [-0.3, -0.25) is 9.78 Å². The number of para-hydroxylation sites is 1. The molecule has 27 heavy (non-hydrogen) atoms. The Bertz CT molecular complexity index is 984. The summed E-state index contributed by atoms with van der Waals surface area (Å²) in [5.74, 6) is 1.29. The molecule has 0 fully saturated rings. The third-order valence-electron chi connectivity index (χ3n) is 4.41. The van der Waals surface area contributed by atoms with E-state index >= 15 is 0 Å². The number of ether oxygens (including phenoxy) is 1. The van der Waals surface area contributed by atoms with Crippen molar-refractivity contribution in [3.8, 4) is 5.75 Å². The molecule has 1 atom stereocenters. The minimum absolute atomic E-state index is 0.0420. The van der Waals surface area contributed by atoms with Crippen molar-refractivity contribution in [3.63, 3.8) is 0 Å². The fraction of sp³-hybridized carbons (Fsp3) is 0.450. The highest BCUT2D eigenvalue weighted by atomic mass is 16.5. The van der Waals surface area contributed by atoms with Gasteiger partial charge in [0.1, 0.15) is 17.2 Å². The molecular formula is C20H27N5O2. The van der Waals surface area contributed by atoms with E-state index < -0.39 is 0 Å². The molecule has 2 N–H and O–H groups in total. The summed E-state index contributed by atoms with van der Waals surface area (Å²) in [5.41, 5.74) is 1.20. The van der Waals surface area contributed by atoms with Crippen LogP contribution in [0.15, 0.2) is 35.3 Å². The van der Waals surface area contributed by atoms with Crippen molar-refractivity contribution in [1.82, 2.24) is 19.7 Å². The average molecular weight is 369 g/mol. The minimum Gasteiger partial charge on any atom is -0.488 e. The number of aromatic amines is 1. The van der Waals surface area contributed by atoms with E-state index in [1.165, 1.54) is 0 Å². The molecule has 1 aromatic carbocycles.